The molecule has 1 heterocycles. The lowest BCUT2D eigenvalue weighted by molar-refractivity contribution is -0.302. The van der Waals surface area contributed by atoms with Crippen LogP contribution in [0.15, 0.2) is 24.3 Å². The van der Waals surface area contributed by atoms with E-state index in [1.54, 1.807) is 6.08 Å². The standard InChI is InChI=1S/C56H105NO10/c1-3-5-7-9-11-13-14-15-21-24-28-32-36-40-44-52(61)65-45-41-37-33-29-25-22-19-17-16-18-20-23-27-31-35-39-43-51(60)57-48(49(59)42-38-34-30-26-12-10-8-6-4-2)47-66-56-55(64)54(63)53(62)50(46-58)67-56/h14-15,38,42,48-50,53-56,58-59,62-64H,3-13,16-37,39-41,43-47H2,1-2H3,(H,57,60)/b15-14-,42-38+. The topological polar surface area (TPSA) is 175 Å². The average molecular weight is 952 g/mol. The number of unbranched alkanes of at least 4 members (excludes halogenated alkanes) is 32. The average Bonchev–Trinajstić information content (AvgIpc) is 3.32. The Labute approximate surface area is 410 Å². The molecule has 1 aliphatic rings. The van der Waals surface area contributed by atoms with Crippen molar-refractivity contribution in [3.63, 3.8) is 0 Å². The van der Waals surface area contributed by atoms with E-state index in [1.165, 1.54) is 161 Å². The van der Waals surface area contributed by atoms with Crippen molar-refractivity contribution in [1.29, 1.82) is 0 Å². The molecule has 6 N–H and O–H groups in total. The van der Waals surface area contributed by atoms with Crippen molar-refractivity contribution < 1.29 is 49.3 Å². The van der Waals surface area contributed by atoms with E-state index in [9.17, 15) is 35.1 Å². The maximum Gasteiger partial charge on any atom is 0.305 e. The lowest BCUT2D eigenvalue weighted by atomic mass is 9.99. The molecule has 0 aromatic rings. The van der Waals surface area contributed by atoms with Crippen molar-refractivity contribution in [2.75, 3.05) is 19.8 Å². The number of carbonyl (C=O) groups excluding carboxylic acids is 2. The van der Waals surface area contributed by atoms with E-state index in [-0.39, 0.29) is 18.5 Å². The molecule has 1 saturated heterocycles. The van der Waals surface area contributed by atoms with Crippen molar-refractivity contribution in [3.05, 3.63) is 24.3 Å². The van der Waals surface area contributed by atoms with Gasteiger partial charge in [-0.1, -0.05) is 212 Å². The van der Waals surface area contributed by atoms with Gasteiger partial charge in [0.2, 0.25) is 5.91 Å². The van der Waals surface area contributed by atoms with E-state index < -0.39 is 49.5 Å². The molecule has 7 unspecified atom stereocenters. The fraction of sp³-hybridized carbons (Fsp3) is 0.893. The largest absolute Gasteiger partial charge is 0.466 e. The summed E-state index contributed by atoms with van der Waals surface area (Å²) in [5, 5.41) is 54.1. The van der Waals surface area contributed by atoms with Gasteiger partial charge in [0.1, 0.15) is 24.4 Å². The predicted molar refractivity (Wildman–Crippen MR) is 274 cm³/mol. The van der Waals surface area contributed by atoms with Gasteiger partial charge >= 0.3 is 5.97 Å². The van der Waals surface area contributed by atoms with Crippen LogP contribution in [0.1, 0.15) is 258 Å². The van der Waals surface area contributed by atoms with E-state index >= 15 is 0 Å². The summed E-state index contributed by atoms with van der Waals surface area (Å²) in [5.74, 6) is -0.214. The lowest BCUT2D eigenvalue weighted by Gasteiger charge is -2.40. The quantitative estimate of drug-likeness (QED) is 0.0196. The summed E-state index contributed by atoms with van der Waals surface area (Å²) in [4.78, 5) is 25.0. The summed E-state index contributed by atoms with van der Waals surface area (Å²) in [7, 11) is 0. The molecule has 0 radical (unpaired) electrons. The zero-order chi connectivity index (χ0) is 48.8. The second kappa shape index (κ2) is 46.5. The van der Waals surface area contributed by atoms with Crippen LogP contribution >= 0.6 is 0 Å². The molecule has 1 amide bonds. The number of hydrogen-bond donors (Lipinski definition) is 6. The molecule has 1 fully saturated rings. The monoisotopic (exact) mass is 952 g/mol. The van der Waals surface area contributed by atoms with Gasteiger partial charge in [-0.2, -0.15) is 0 Å². The number of aliphatic hydroxyl groups excluding tert-OH is 5. The van der Waals surface area contributed by atoms with E-state index in [0.29, 0.717) is 19.4 Å². The minimum Gasteiger partial charge on any atom is -0.466 e. The van der Waals surface area contributed by atoms with E-state index in [4.69, 9.17) is 14.2 Å². The number of hydrogen-bond acceptors (Lipinski definition) is 10. The van der Waals surface area contributed by atoms with Crippen molar-refractivity contribution in [1.82, 2.24) is 5.32 Å². The Bertz CT molecular complexity index is 1170. The normalized spacial score (nSPS) is 19.7. The lowest BCUT2D eigenvalue weighted by Crippen LogP contribution is -2.60. The van der Waals surface area contributed by atoms with Gasteiger partial charge in [-0.15, -0.1) is 0 Å². The Morgan fingerprint density at radius 2 is 0.955 bits per heavy atom. The highest BCUT2D eigenvalue weighted by molar-refractivity contribution is 5.76. The number of aliphatic hydroxyl groups is 5. The van der Waals surface area contributed by atoms with Crippen LogP contribution in [0.2, 0.25) is 0 Å². The number of amides is 1. The van der Waals surface area contributed by atoms with Crippen LogP contribution in [0.3, 0.4) is 0 Å². The zero-order valence-electron chi connectivity index (χ0n) is 43.1. The van der Waals surface area contributed by atoms with E-state index in [2.05, 4.69) is 31.3 Å². The molecule has 7 atom stereocenters. The molecule has 394 valence electrons. The van der Waals surface area contributed by atoms with Crippen LogP contribution in [0.25, 0.3) is 0 Å². The fourth-order valence-electron chi connectivity index (χ4n) is 8.78. The van der Waals surface area contributed by atoms with Gasteiger partial charge in [-0.05, 0) is 57.8 Å². The van der Waals surface area contributed by atoms with Crippen LogP contribution in [0.4, 0.5) is 0 Å². The summed E-state index contributed by atoms with van der Waals surface area (Å²) in [5.41, 5.74) is 0. The summed E-state index contributed by atoms with van der Waals surface area (Å²) < 4.78 is 16.7. The number of ether oxygens (including phenoxy) is 3. The summed E-state index contributed by atoms with van der Waals surface area (Å²) >= 11 is 0. The molecule has 0 spiro atoms. The Morgan fingerprint density at radius 3 is 1.43 bits per heavy atom. The third-order valence-electron chi connectivity index (χ3n) is 13.3. The van der Waals surface area contributed by atoms with Gasteiger partial charge in [0.15, 0.2) is 6.29 Å². The highest BCUT2D eigenvalue weighted by atomic mass is 16.7. The third-order valence-corrected chi connectivity index (χ3v) is 13.3. The molecule has 1 aliphatic heterocycles. The van der Waals surface area contributed by atoms with E-state index in [0.717, 1.165) is 70.6 Å². The van der Waals surface area contributed by atoms with Crippen molar-refractivity contribution in [2.24, 2.45) is 0 Å². The minimum absolute atomic E-state index is 0.0236. The molecule has 0 bridgehead atoms. The second-order valence-corrected chi connectivity index (χ2v) is 19.6. The maximum atomic E-state index is 13.0. The Kier molecular flexibility index (Phi) is 43.8. The number of nitrogens with one attached hydrogen (secondary N) is 1. The molecule has 1 rings (SSSR count). The first-order chi connectivity index (χ1) is 32.7. The molecule has 0 saturated carbocycles. The van der Waals surface area contributed by atoms with Gasteiger partial charge in [-0.3, -0.25) is 9.59 Å². The molecule has 11 heteroatoms. The second-order valence-electron chi connectivity index (χ2n) is 19.6. The molecule has 67 heavy (non-hydrogen) atoms. The fourth-order valence-corrected chi connectivity index (χ4v) is 8.78. The van der Waals surface area contributed by atoms with Gasteiger partial charge in [-0.25, -0.2) is 0 Å². The smallest absolute Gasteiger partial charge is 0.305 e. The molecular weight excluding hydrogens is 847 g/mol. The summed E-state index contributed by atoms with van der Waals surface area (Å²) in [6.07, 6.45) is 44.1. The maximum absolute atomic E-state index is 13.0. The molecule has 0 aliphatic carbocycles. The van der Waals surface area contributed by atoms with Gasteiger partial charge < -0.3 is 45.1 Å². The third kappa shape index (κ3) is 36.7. The predicted octanol–water partition coefficient (Wildman–Crippen LogP) is 12.2. The zero-order valence-corrected chi connectivity index (χ0v) is 43.1. The van der Waals surface area contributed by atoms with Crippen LogP contribution < -0.4 is 5.32 Å². The first-order valence-corrected chi connectivity index (χ1v) is 28.1. The Hall–Kier alpha value is -1.86. The van der Waals surface area contributed by atoms with Crippen LogP contribution in [-0.2, 0) is 23.8 Å². The van der Waals surface area contributed by atoms with Crippen molar-refractivity contribution >= 4 is 11.9 Å². The van der Waals surface area contributed by atoms with Crippen molar-refractivity contribution in [2.45, 2.75) is 301 Å². The van der Waals surface area contributed by atoms with Gasteiger partial charge in [0.05, 0.1) is 32.0 Å². The number of allylic oxidation sites excluding steroid dienone is 3. The number of esters is 1. The highest BCUT2D eigenvalue weighted by Crippen LogP contribution is 2.23. The molecular formula is C56H105NO10. The molecule has 0 aromatic carbocycles. The van der Waals surface area contributed by atoms with Gasteiger partial charge in [0.25, 0.3) is 0 Å². The van der Waals surface area contributed by atoms with Gasteiger partial charge in [0, 0.05) is 12.8 Å². The van der Waals surface area contributed by atoms with E-state index in [1.807, 2.05) is 6.08 Å². The molecule has 11 nitrogen and oxygen atoms in total. The summed E-state index contributed by atoms with van der Waals surface area (Å²) in [6, 6.07) is -0.813. The first kappa shape index (κ1) is 63.2. The Balaban J connectivity index is 2.06. The highest BCUT2D eigenvalue weighted by Gasteiger charge is 2.44. The summed E-state index contributed by atoms with van der Waals surface area (Å²) in [6.45, 7) is 4.28. The minimum atomic E-state index is -1.57. The first-order valence-electron chi connectivity index (χ1n) is 28.1. The SMILES string of the molecule is CCCCCCC/C=C\CCCCCCCC(=O)OCCCCCCCCCCCCCCCCCCC(=O)NC(COC1OC(CO)C(O)C(O)C1O)C(O)/C=C/CCCCCCCCC. The van der Waals surface area contributed by atoms with Crippen molar-refractivity contribution in [3.8, 4) is 0 Å². The van der Waals surface area contributed by atoms with Crippen LogP contribution in [0.5, 0.6) is 0 Å². The van der Waals surface area contributed by atoms with Crippen LogP contribution in [0, 0.1) is 0 Å². The van der Waals surface area contributed by atoms with Crippen LogP contribution in [-0.4, -0.2) is 100 Å². The Morgan fingerprint density at radius 1 is 0.537 bits per heavy atom. The number of rotatable bonds is 48. The number of carbonyl (C=O) groups is 2. The molecule has 0 aromatic heterocycles.